The van der Waals surface area contributed by atoms with Gasteiger partial charge in [-0.2, -0.15) is 15.1 Å². The molecule has 78 heavy (non-hydrogen) atoms. The minimum absolute atomic E-state index is 0.0434. The van der Waals surface area contributed by atoms with E-state index >= 15 is 8.78 Å². The molecule has 8 nitrogen and oxygen atoms in total. The van der Waals surface area contributed by atoms with Gasteiger partial charge in [-0.05, 0) is 170 Å². The maximum absolute atomic E-state index is 16.3. The topological polar surface area (TPSA) is 94.1 Å². The number of pyridine rings is 2. The molecule has 10 heteroatoms. The number of anilines is 1. The van der Waals surface area contributed by atoms with Gasteiger partial charge < -0.3 is 14.4 Å². The number of unbranched alkanes of at least 4 members (excludes halogenated alkanes) is 3. The van der Waals surface area contributed by atoms with Crippen LogP contribution in [0.15, 0.2) is 132 Å². The summed E-state index contributed by atoms with van der Waals surface area (Å²) in [5.74, 6) is -0.764. The number of aryl methyl sites for hydroxylation is 7. The maximum atomic E-state index is 16.3. The van der Waals surface area contributed by atoms with Gasteiger partial charge in [0.25, 0.3) is 11.2 Å². The van der Waals surface area contributed by atoms with Crippen LogP contribution in [0.25, 0.3) is 34.2 Å². The molecule has 2 aromatic heterocycles. The third-order valence-electron chi connectivity index (χ3n) is 17.3. The summed E-state index contributed by atoms with van der Waals surface area (Å²) in [7, 11) is 0. The average molecular weight is 1040 g/mol. The van der Waals surface area contributed by atoms with Crippen LogP contribution < -0.4 is 14.0 Å². The molecule has 7 heterocycles. The van der Waals surface area contributed by atoms with Crippen LogP contribution in [0.3, 0.4) is 0 Å². The molecule has 0 amide bonds. The smallest absolute Gasteiger partial charge is 0.409 e. The van der Waals surface area contributed by atoms with Crippen LogP contribution in [0, 0.1) is 48.1 Å². The number of hydrogen-bond donors (Lipinski definition) is 0. The quantitative estimate of drug-likeness (QED) is 0.0440. The van der Waals surface area contributed by atoms with E-state index in [2.05, 4.69) is 117 Å². The van der Waals surface area contributed by atoms with Crippen molar-refractivity contribution in [1.29, 1.82) is 10.5 Å². The molecule has 5 aliphatic heterocycles. The van der Waals surface area contributed by atoms with Gasteiger partial charge in [0.1, 0.15) is 40.9 Å². The zero-order chi connectivity index (χ0) is 54.3. The second-order valence-electron chi connectivity index (χ2n) is 21.9. The summed E-state index contributed by atoms with van der Waals surface area (Å²) in [6.45, 7) is 12.8. The number of allylic oxidation sites excluding steroid dienone is 5. The predicted octanol–water partition coefficient (Wildman–Crippen LogP) is 14.2. The van der Waals surface area contributed by atoms with Crippen LogP contribution in [0.5, 0.6) is 0 Å². The molecule has 0 aliphatic carbocycles. The number of esters is 1. The van der Waals surface area contributed by atoms with Crippen LogP contribution >= 0.6 is 0 Å². The molecule has 1 unspecified atom stereocenters. The molecule has 0 saturated heterocycles. The highest BCUT2D eigenvalue weighted by atomic mass is 19.1. The number of nitrogens with zero attached hydrogens (tertiary/aromatic N) is 5. The van der Waals surface area contributed by atoms with Crippen molar-refractivity contribution in [1.82, 2.24) is 0 Å². The molecule has 0 saturated carbocycles. The standard InChI is InChI=1S/C68H67F2N5O3/c1-6-9-15-47-26-30-74-61(36-47)64-59(40-56(69)41-60(64)70)68(67(74,7-2)8-3)75-31-27-51(38-62(75)66(76)78-68)58-33-44(4)50(32-45(58)5)17-12-10-11-16-46-20-23-49(24-21-46)63-39-54(55(42-71)43-72)37-57(77-63)25-22-48-34-52-18-13-28-73-29-14-19-53(35-48)65(52)73/h20-27,30-41H,6-19,28-29H2,1-5H3/q+2. The van der Waals surface area contributed by atoms with Crippen molar-refractivity contribution in [2.75, 3.05) is 18.0 Å². The number of carbonyl (C=O) groups excluding carboxylic acids is 1. The highest BCUT2D eigenvalue weighted by molar-refractivity contribution is 5.89. The summed E-state index contributed by atoms with van der Waals surface area (Å²) in [5, 5.41) is 19.6. The van der Waals surface area contributed by atoms with Gasteiger partial charge in [-0.1, -0.05) is 76.1 Å². The first-order chi connectivity index (χ1) is 37.9. The summed E-state index contributed by atoms with van der Waals surface area (Å²) >= 11 is 0. The van der Waals surface area contributed by atoms with E-state index in [4.69, 9.17) is 9.47 Å². The number of rotatable bonds is 15. The van der Waals surface area contributed by atoms with Crippen molar-refractivity contribution in [3.05, 3.63) is 205 Å². The third-order valence-corrected chi connectivity index (χ3v) is 17.3. The van der Waals surface area contributed by atoms with Gasteiger partial charge in [0.2, 0.25) is 5.69 Å². The second-order valence-corrected chi connectivity index (χ2v) is 21.9. The fourth-order valence-corrected chi connectivity index (χ4v) is 13.3. The van der Waals surface area contributed by atoms with E-state index in [1.54, 1.807) is 12.2 Å². The number of halogens is 2. The van der Waals surface area contributed by atoms with Crippen molar-refractivity contribution in [2.24, 2.45) is 0 Å². The van der Waals surface area contributed by atoms with E-state index in [0.29, 0.717) is 46.9 Å². The van der Waals surface area contributed by atoms with Gasteiger partial charge in [-0.15, -0.1) is 4.57 Å². The van der Waals surface area contributed by atoms with E-state index in [9.17, 15) is 15.3 Å². The third kappa shape index (κ3) is 9.13. The van der Waals surface area contributed by atoms with E-state index in [1.165, 1.54) is 52.4 Å². The molecule has 5 aliphatic rings. The van der Waals surface area contributed by atoms with Crippen molar-refractivity contribution in [3.63, 3.8) is 0 Å². The summed E-state index contributed by atoms with van der Waals surface area (Å²) < 4.78 is 48.9. The van der Waals surface area contributed by atoms with Crippen LogP contribution in [-0.4, -0.2) is 19.1 Å². The van der Waals surface area contributed by atoms with E-state index in [1.807, 2.05) is 41.2 Å². The normalized spacial score (nSPS) is 17.5. The molecule has 11 rings (SSSR count). The Bertz CT molecular complexity index is 3580. The molecule has 394 valence electrons. The molecule has 0 radical (unpaired) electrons. The summed E-state index contributed by atoms with van der Waals surface area (Å²) in [6.07, 6.45) is 24.9. The largest absolute Gasteiger partial charge is 0.457 e. The first-order valence-corrected chi connectivity index (χ1v) is 28.2. The van der Waals surface area contributed by atoms with Crippen LogP contribution in [0.4, 0.5) is 14.5 Å². The van der Waals surface area contributed by atoms with Gasteiger partial charge in [-0.25, -0.2) is 13.6 Å². The number of fused-ring (bicyclic) bond motifs is 6. The summed E-state index contributed by atoms with van der Waals surface area (Å²) in [6, 6.07) is 31.8. The molecule has 1 atom stereocenters. The van der Waals surface area contributed by atoms with E-state index < -0.39 is 28.9 Å². The lowest BCUT2D eigenvalue weighted by molar-refractivity contribution is -0.889. The first-order valence-electron chi connectivity index (χ1n) is 28.2. The fraction of sp³-hybridized carbons (Fsp3) is 0.338. The molecule has 0 bridgehead atoms. The van der Waals surface area contributed by atoms with E-state index in [0.717, 1.165) is 117 Å². The Kier molecular flexibility index (Phi) is 14.3. The monoisotopic (exact) mass is 1040 g/mol. The predicted molar refractivity (Wildman–Crippen MR) is 301 cm³/mol. The Morgan fingerprint density at radius 3 is 2.17 bits per heavy atom. The highest BCUT2D eigenvalue weighted by Gasteiger charge is 2.76. The molecule has 6 aromatic rings. The summed E-state index contributed by atoms with van der Waals surface area (Å²) in [4.78, 5) is 16.9. The molecule has 4 aromatic carbocycles. The second kappa shape index (κ2) is 21.5. The van der Waals surface area contributed by atoms with Gasteiger partial charge in [0.05, 0.1) is 11.1 Å². The van der Waals surface area contributed by atoms with Crippen molar-refractivity contribution in [2.45, 2.75) is 136 Å². The molecule has 0 fully saturated rings. The average Bonchev–Trinajstić information content (AvgIpc) is 2.11. The molecular formula is C68H67F2N5O3+2. The minimum atomic E-state index is -1.55. The lowest BCUT2D eigenvalue weighted by Gasteiger charge is -2.41. The molecule has 0 N–H and O–H groups in total. The van der Waals surface area contributed by atoms with Crippen LogP contribution in [0.1, 0.15) is 145 Å². The highest BCUT2D eigenvalue weighted by Crippen LogP contribution is 2.52. The van der Waals surface area contributed by atoms with E-state index in [-0.39, 0.29) is 11.1 Å². The number of nitriles is 2. The number of hydrogen-bond acceptors (Lipinski definition) is 6. The number of aromatic nitrogens is 2. The van der Waals surface area contributed by atoms with Crippen molar-refractivity contribution < 1.29 is 32.2 Å². The molecule has 1 spiro atoms. The van der Waals surface area contributed by atoms with Crippen LogP contribution in [0.2, 0.25) is 0 Å². The zero-order valence-electron chi connectivity index (χ0n) is 45.6. The Labute approximate surface area is 457 Å². The lowest BCUT2D eigenvalue weighted by Crippen LogP contribution is -2.78. The van der Waals surface area contributed by atoms with Crippen molar-refractivity contribution >= 4 is 23.5 Å². The first kappa shape index (κ1) is 52.1. The Balaban J connectivity index is 0.759. The van der Waals surface area contributed by atoms with Gasteiger partial charge in [0.15, 0.2) is 12.4 Å². The Hall–Kier alpha value is -7.95. The SMILES string of the molecule is CCCCc1cc[n+]2c(c1)-c1c(F)cc(F)cc1C1(OC(=O)c3cc(-c4cc(C)c(CCCCCc5ccc(C6=CC(=C(C#N)C#N)C=C(C=Cc7cc8c9c(c7)CCCN9CCC8)O6)cc5)cc4C)cc[n+]31)C2(CC)CC. The van der Waals surface area contributed by atoms with Crippen molar-refractivity contribution in [3.8, 4) is 34.5 Å². The number of ether oxygens (including phenoxy) is 2. The van der Waals surface area contributed by atoms with Gasteiger partial charge >= 0.3 is 11.7 Å². The van der Waals surface area contributed by atoms with Gasteiger partial charge in [0, 0.05) is 73.1 Å². The van der Waals surface area contributed by atoms with Crippen LogP contribution in [-0.2, 0) is 52.8 Å². The molecular weight excluding hydrogens is 973 g/mol. The summed E-state index contributed by atoms with van der Waals surface area (Å²) in [5.41, 5.74) is 13.7. The van der Waals surface area contributed by atoms with Gasteiger partial charge in [-0.3, -0.25) is 0 Å². The number of benzene rings is 4. The minimum Gasteiger partial charge on any atom is -0.457 e. The Morgan fingerprint density at radius 1 is 0.731 bits per heavy atom. The fourth-order valence-electron chi connectivity index (χ4n) is 13.3. The Morgan fingerprint density at radius 2 is 1.45 bits per heavy atom. The lowest BCUT2D eigenvalue weighted by atomic mass is 9.71. The maximum Gasteiger partial charge on any atom is 0.409 e. The zero-order valence-corrected chi connectivity index (χ0v) is 45.6. The number of carbonyl (C=O) groups is 1.